The number of hydrogen-bond acceptors (Lipinski definition) is 5. The molecular formula is C24H17FN2O5. The summed E-state index contributed by atoms with van der Waals surface area (Å²) in [4.78, 5) is 38.5. The molecule has 2 N–H and O–H groups in total. The smallest absolute Gasteiger partial charge is 0.335 e. The number of hydrogen-bond donors (Lipinski definition) is 2. The molecule has 32 heavy (non-hydrogen) atoms. The molecule has 0 aromatic heterocycles. The Morgan fingerprint density at radius 2 is 1.62 bits per heavy atom. The third-order valence-electron chi connectivity index (χ3n) is 4.77. The third kappa shape index (κ3) is 4.20. The minimum Gasteiger partial charge on any atom is -0.508 e. The summed E-state index contributed by atoms with van der Waals surface area (Å²) >= 11 is 0. The topological polar surface area (TPSA) is 95.9 Å². The predicted molar refractivity (Wildman–Crippen MR) is 114 cm³/mol. The molecule has 3 aromatic rings. The number of aromatic hydroxyl groups is 1. The van der Waals surface area contributed by atoms with Crippen molar-refractivity contribution >= 4 is 29.6 Å². The first-order valence-electron chi connectivity index (χ1n) is 9.60. The highest BCUT2D eigenvalue weighted by atomic mass is 19.1. The number of phenols is 1. The number of benzene rings is 3. The largest absolute Gasteiger partial charge is 0.508 e. The molecule has 0 bridgehead atoms. The number of carbonyl (C=O) groups excluding carboxylic acids is 3. The first-order valence-corrected chi connectivity index (χ1v) is 9.60. The van der Waals surface area contributed by atoms with E-state index in [9.17, 15) is 23.9 Å². The molecule has 1 heterocycles. The molecule has 160 valence electrons. The van der Waals surface area contributed by atoms with Gasteiger partial charge in [-0.2, -0.15) is 0 Å². The van der Waals surface area contributed by atoms with Gasteiger partial charge in [0.1, 0.15) is 29.5 Å². The van der Waals surface area contributed by atoms with Gasteiger partial charge in [-0.05, 0) is 42.5 Å². The van der Waals surface area contributed by atoms with Crippen molar-refractivity contribution < 1.29 is 28.6 Å². The number of nitrogens with zero attached hydrogens (tertiary/aromatic N) is 1. The molecule has 1 fully saturated rings. The number of carbonyl (C=O) groups is 3. The van der Waals surface area contributed by atoms with Crippen LogP contribution in [0.15, 0.2) is 78.4 Å². The van der Waals surface area contributed by atoms with Crippen molar-refractivity contribution in [2.24, 2.45) is 0 Å². The third-order valence-corrected chi connectivity index (χ3v) is 4.77. The standard InChI is InChI=1S/C24H17FN2O5/c25-20-7-3-1-6-16(20)14-32-21-8-4-2-5-15(21)13-19-22(29)26-24(31)27(23(19)30)17-9-11-18(28)12-10-17/h1-13,28H,14H2,(H,26,29,31)/b19-13+. The van der Waals surface area contributed by atoms with E-state index in [0.29, 0.717) is 16.9 Å². The lowest BCUT2D eigenvalue weighted by atomic mass is 10.1. The van der Waals surface area contributed by atoms with Gasteiger partial charge in [0.05, 0.1) is 5.69 Å². The zero-order valence-electron chi connectivity index (χ0n) is 16.6. The van der Waals surface area contributed by atoms with Gasteiger partial charge in [-0.25, -0.2) is 14.1 Å². The Hall–Kier alpha value is -4.46. The van der Waals surface area contributed by atoms with E-state index >= 15 is 0 Å². The Kier molecular flexibility index (Phi) is 5.67. The highest BCUT2D eigenvalue weighted by molar-refractivity contribution is 6.39. The molecule has 7 nitrogen and oxygen atoms in total. The van der Waals surface area contributed by atoms with E-state index in [1.807, 2.05) is 0 Å². The second-order valence-electron chi connectivity index (χ2n) is 6.89. The molecule has 1 saturated heterocycles. The fraction of sp³-hybridized carbons (Fsp3) is 0.0417. The van der Waals surface area contributed by atoms with Crippen molar-refractivity contribution in [1.82, 2.24) is 5.32 Å². The summed E-state index contributed by atoms with van der Waals surface area (Å²) in [6.07, 6.45) is 1.31. The normalized spacial score (nSPS) is 15.1. The van der Waals surface area contributed by atoms with Gasteiger partial charge in [-0.3, -0.25) is 14.9 Å². The number of ether oxygens (including phenoxy) is 1. The first-order chi connectivity index (χ1) is 15.4. The van der Waals surface area contributed by atoms with Gasteiger partial charge < -0.3 is 9.84 Å². The van der Waals surface area contributed by atoms with E-state index in [1.54, 1.807) is 42.5 Å². The number of amides is 4. The van der Waals surface area contributed by atoms with Gasteiger partial charge in [-0.1, -0.05) is 36.4 Å². The molecule has 0 aliphatic carbocycles. The van der Waals surface area contributed by atoms with E-state index in [0.717, 1.165) is 4.90 Å². The second kappa shape index (κ2) is 8.73. The van der Waals surface area contributed by atoms with Crippen LogP contribution in [0.3, 0.4) is 0 Å². The lowest BCUT2D eigenvalue weighted by Crippen LogP contribution is -2.54. The Morgan fingerprint density at radius 3 is 2.38 bits per heavy atom. The molecule has 0 spiro atoms. The number of nitrogens with one attached hydrogen (secondary N) is 1. The predicted octanol–water partition coefficient (Wildman–Crippen LogP) is 3.78. The van der Waals surface area contributed by atoms with Crippen molar-refractivity contribution in [1.29, 1.82) is 0 Å². The number of anilines is 1. The quantitative estimate of drug-likeness (QED) is 0.473. The number of urea groups is 1. The fourth-order valence-electron chi connectivity index (χ4n) is 3.15. The average Bonchev–Trinajstić information content (AvgIpc) is 2.78. The SMILES string of the molecule is O=C1NC(=O)N(c2ccc(O)cc2)C(=O)/C1=C/c1ccccc1OCc1ccccc1F. The van der Waals surface area contributed by atoms with Crippen LogP contribution < -0.4 is 15.0 Å². The maximum absolute atomic E-state index is 13.9. The van der Waals surface area contributed by atoms with Crippen molar-refractivity contribution in [3.63, 3.8) is 0 Å². The summed E-state index contributed by atoms with van der Waals surface area (Å²) in [5, 5.41) is 11.6. The highest BCUT2D eigenvalue weighted by Gasteiger charge is 2.37. The van der Waals surface area contributed by atoms with Gasteiger partial charge in [0.25, 0.3) is 11.8 Å². The number of halogens is 1. The van der Waals surface area contributed by atoms with Crippen LogP contribution in [0.1, 0.15) is 11.1 Å². The molecule has 4 rings (SSSR count). The fourth-order valence-corrected chi connectivity index (χ4v) is 3.15. The first kappa shape index (κ1) is 20.8. The lowest BCUT2D eigenvalue weighted by molar-refractivity contribution is -0.122. The molecule has 1 aliphatic rings. The maximum atomic E-state index is 13.9. The summed E-state index contributed by atoms with van der Waals surface area (Å²) in [5.41, 5.74) is 0.667. The zero-order valence-corrected chi connectivity index (χ0v) is 16.6. The Balaban J connectivity index is 1.64. The molecule has 3 aromatic carbocycles. The van der Waals surface area contributed by atoms with Crippen LogP contribution in [0.4, 0.5) is 14.9 Å². The van der Waals surface area contributed by atoms with Crippen LogP contribution in [0.25, 0.3) is 6.08 Å². The Labute approximate surface area is 182 Å². The van der Waals surface area contributed by atoms with Gasteiger partial charge in [0, 0.05) is 11.1 Å². The molecular weight excluding hydrogens is 415 g/mol. The minimum atomic E-state index is -0.896. The molecule has 0 atom stereocenters. The van der Waals surface area contributed by atoms with E-state index in [-0.39, 0.29) is 23.6 Å². The average molecular weight is 432 g/mol. The van der Waals surface area contributed by atoms with E-state index < -0.39 is 23.7 Å². The minimum absolute atomic E-state index is 0.0358. The monoisotopic (exact) mass is 432 g/mol. The Morgan fingerprint density at radius 1 is 0.938 bits per heavy atom. The van der Waals surface area contributed by atoms with Crippen molar-refractivity contribution in [3.05, 3.63) is 95.3 Å². The number of rotatable bonds is 5. The van der Waals surface area contributed by atoms with Crippen LogP contribution in [0.2, 0.25) is 0 Å². The summed E-state index contributed by atoms with van der Waals surface area (Å²) < 4.78 is 19.6. The molecule has 4 amide bonds. The van der Waals surface area contributed by atoms with Gasteiger partial charge in [0.15, 0.2) is 0 Å². The summed E-state index contributed by atoms with van der Waals surface area (Å²) in [6.45, 7) is -0.0505. The van der Waals surface area contributed by atoms with E-state index in [4.69, 9.17) is 4.74 Å². The molecule has 0 saturated carbocycles. The number of barbiturate groups is 1. The molecule has 0 unspecified atom stereocenters. The second-order valence-corrected chi connectivity index (χ2v) is 6.89. The van der Waals surface area contributed by atoms with Crippen LogP contribution in [0.5, 0.6) is 11.5 Å². The number of imide groups is 2. The van der Waals surface area contributed by atoms with Crippen LogP contribution >= 0.6 is 0 Å². The van der Waals surface area contributed by atoms with Crippen LogP contribution in [-0.2, 0) is 16.2 Å². The Bertz CT molecular complexity index is 1240. The number of phenolic OH excluding ortho intramolecular Hbond substituents is 1. The summed E-state index contributed by atoms with van der Waals surface area (Å²) in [5.74, 6) is -1.79. The van der Waals surface area contributed by atoms with E-state index in [2.05, 4.69) is 5.32 Å². The maximum Gasteiger partial charge on any atom is 0.335 e. The number of para-hydroxylation sites is 1. The zero-order chi connectivity index (χ0) is 22.7. The van der Waals surface area contributed by atoms with Crippen LogP contribution in [0, 0.1) is 5.82 Å². The summed E-state index contributed by atoms with van der Waals surface area (Å²) in [6, 6.07) is 17.3. The van der Waals surface area contributed by atoms with Gasteiger partial charge in [-0.15, -0.1) is 0 Å². The lowest BCUT2D eigenvalue weighted by Gasteiger charge is -2.26. The van der Waals surface area contributed by atoms with Crippen molar-refractivity contribution in [2.75, 3.05) is 4.90 Å². The van der Waals surface area contributed by atoms with E-state index in [1.165, 1.54) is 36.4 Å². The molecule has 8 heteroatoms. The molecule has 1 aliphatic heterocycles. The van der Waals surface area contributed by atoms with Crippen molar-refractivity contribution in [3.8, 4) is 11.5 Å². The highest BCUT2D eigenvalue weighted by Crippen LogP contribution is 2.27. The van der Waals surface area contributed by atoms with Gasteiger partial charge >= 0.3 is 6.03 Å². The van der Waals surface area contributed by atoms with Gasteiger partial charge in [0.2, 0.25) is 0 Å². The van der Waals surface area contributed by atoms with Crippen molar-refractivity contribution in [2.45, 2.75) is 6.61 Å². The molecule has 0 radical (unpaired) electrons. The van der Waals surface area contributed by atoms with Crippen LogP contribution in [-0.4, -0.2) is 23.0 Å². The summed E-state index contributed by atoms with van der Waals surface area (Å²) in [7, 11) is 0.